The van der Waals surface area contributed by atoms with Crippen LogP contribution in [0.4, 0.5) is 5.69 Å². The molecule has 2 aromatic carbocycles. The maximum atomic E-state index is 5.91. The van der Waals surface area contributed by atoms with E-state index < -0.39 is 0 Å². The molecule has 21 heavy (non-hydrogen) atoms. The minimum absolute atomic E-state index is 0.222. The van der Waals surface area contributed by atoms with E-state index in [9.17, 15) is 0 Å². The molecule has 0 spiro atoms. The van der Waals surface area contributed by atoms with E-state index in [0.717, 1.165) is 22.0 Å². The average molecular weight is 298 g/mol. The van der Waals surface area contributed by atoms with Crippen molar-refractivity contribution in [2.75, 3.05) is 5.32 Å². The number of aromatic nitrogens is 2. The van der Waals surface area contributed by atoms with Crippen LogP contribution in [0.3, 0.4) is 0 Å². The zero-order valence-corrected chi connectivity index (χ0v) is 12.4. The highest BCUT2D eigenvalue weighted by atomic mass is 35.5. The van der Waals surface area contributed by atoms with Crippen LogP contribution < -0.4 is 5.32 Å². The van der Waals surface area contributed by atoms with Crippen LogP contribution in [0.5, 0.6) is 0 Å². The van der Waals surface area contributed by atoms with Gasteiger partial charge in [-0.05, 0) is 42.3 Å². The van der Waals surface area contributed by atoms with Gasteiger partial charge in [0.15, 0.2) is 0 Å². The average Bonchev–Trinajstić information content (AvgIpc) is 3.03. The Labute approximate surface area is 129 Å². The summed E-state index contributed by atoms with van der Waals surface area (Å²) in [5, 5.41) is 4.24. The maximum Gasteiger partial charge on any atom is 0.0924 e. The molecule has 3 nitrogen and oxygen atoms in total. The topological polar surface area (TPSA) is 40.7 Å². The Morgan fingerprint density at radius 3 is 2.38 bits per heavy atom. The molecule has 1 heterocycles. The molecule has 0 aliphatic rings. The van der Waals surface area contributed by atoms with Crippen molar-refractivity contribution >= 4 is 17.3 Å². The highest BCUT2D eigenvalue weighted by molar-refractivity contribution is 6.30. The Bertz CT molecular complexity index is 688. The van der Waals surface area contributed by atoms with Gasteiger partial charge in [0.25, 0.3) is 0 Å². The van der Waals surface area contributed by atoms with Crippen LogP contribution in [-0.4, -0.2) is 9.97 Å². The minimum atomic E-state index is 0.222. The van der Waals surface area contributed by atoms with Gasteiger partial charge >= 0.3 is 0 Å². The smallest absolute Gasteiger partial charge is 0.0924 e. The van der Waals surface area contributed by atoms with Crippen LogP contribution in [-0.2, 0) is 0 Å². The number of imidazole rings is 1. The molecule has 1 atom stereocenters. The van der Waals surface area contributed by atoms with Gasteiger partial charge in [0.05, 0.1) is 18.2 Å². The van der Waals surface area contributed by atoms with Crippen molar-refractivity contribution in [2.45, 2.75) is 13.0 Å². The molecule has 0 bridgehead atoms. The van der Waals surface area contributed by atoms with Crippen LogP contribution in [0.2, 0.25) is 5.02 Å². The Morgan fingerprint density at radius 2 is 1.76 bits per heavy atom. The molecule has 1 unspecified atom stereocenters. The first-order valence-electron chi connectivity index (χ1n) is 6.83. The molecule has 3 aromatic rings. The zero-order chi connectivity index (χ0) is 14.7. The number of anilines is 1. The third kappa shape index (κ3) is 3.26. The van der Waals surface area contributed by atoms with E-state index in [4.69, 9.17) is 11.6 Å². The second-order valence-electron chi connectivity index (χ2n) is 4.96. The van der Waals surface area contributed by atoms with Gasteiger partial charge in [0.2, 0.25) is 0 Å². The lowest BCUT2D eigenvalue weighted by Gasteiger charge is -2.16. The third-order valence-electron chi connectivity index (χ3n) is 3.45. The molecule has 0 saturated carbocycles. The van der Waals surface area contributed by atoms with Crippen LogP contribution in [0.25, 0.3) is 11.3 Å². The van der Waals surface area contributed by atoms with Gasteiger partial charge in [0.1, 0.15) is 0 Å². The van der Waals surface area contributed by atoms with E-state index >= 15 is 0 Å². The summed E-state index contributed by atoms with van der Waals surface area (Å²) < 4.78 is 0. The fourth-order valence-electron chi connectivity index (χ4n) is 2.24. The molecule has 1 aromatic heterocycles. The van der Waals surface area contributed by atoms with Gasteiger partial charge in [-0.25, -0.2) is 4.98 Å². The maximum absolute atomic E-state index is 5.91. The van der Waals surface area contributed by atoms with Crippen molar-refractivity contribution in [3.63, 3.8) is 0 Å². The summed E-state index contributed by atoms with van der Waals surface area (Å²) in [4.78, 5) is 7.13. The molecule has 0 aliphatic carbocycles. The van der Waals surface area contributed by atoms with Gasteiger partial charge < -0.3 is 10.3 Å². The minimum Gasteiger partial charge on any atom is -0.379 e. The first kappa shape index (κ1) is 13.7. The van der Waals surface area contributed by atoms with E-state index in [-0.39, 0.29) is 6.04 Å². The van der Waals surface area contributed by atoms with E-state index in [1.807, 2.05) is 30.5 Å². The third-order valence-corrected chi connectivity index (χ3v) is 3.70. The summed E-state index contributed by atoms with van der Waals surface area (Å²) in [6.07, 6.45) is 3.50. The number of halogens is 1. The van der Waals surface area contributed by atoms with E-state index in [1.165, 1.54) is 5.56 Å². The van der Waals surface area contributed by atoms with Crippen LogP contribution in [0.1, 0.15) is 18.5 Å². The van der Waals surface area contributed by atoms with Gasteiger partial charge in [-0.1, -0.05) is 35.9 Å². The number of hydrogen-bond donors (Lipinski definition) is 2. The summed E-state index contributed by atoms with van der Waals surface area (Å²) >= 11 is 5.91. The Kier molecular flexibility index (Phi) is 3.93. The lowest BCUT2D eigenvalue weighted by Crippen LogP contribution is -2.06. The molecular formula is C17H16ClN3. The van der Waals surface area contributed by atoms with Crippen LogP contribution in [0, 0.1) is 0 Å². The van der Waals surface area contributed by atoms with Crippen molar-refractivity contribution in [1.29, 1.82) is 0 Å². The molecule has 0 amide bonds. The second kappa shape index (κ2) is 6.02. The summed E-state index contributed by atoms with van der Waals surface area (Å²) in [5.41, 5.74) is 4.43. The number of nitrogens with one attached hydrogen (secondary N) is 2. The molecule has 3 rings (SSSR count). The normalized spacial score (nSPS) is 12.1. The van der Waals surface area contributed by atoms with Gasteiger partial charge in [-0.2, -0.15) is 0 Å². The van der Waals surface area contributed by atoms with Crippen LogP contribution >= 0.6 is 11.6 Å². The number of aromatic amines is 1. The van der Waals surface area contributed by atoms with E-state index in [2.05, 4.69) is 46.5 Å². The van der Waals surface area contributed by atoms with Crippen molar-refractivity contribution in [2.24, 2.45) is 0 Å². The predicted molar refractivity (Wildman–Crippen MR) is 87.5 cm³/mol. The Morgan fingerprint density at radius 1 is 1.05 bits per heavy atom. The molecular weight excluding hydrogens is 282 g/mol. The molecule has 106 valence electrons. The largest absolute Gasteiger partial charge is 0.379 e. The molecule has 0 radical (unpaired) electrons. The number of nitrogens with zero attached hydrogens (tertiary/aromatic N) is 1. The first-order chi connectivity index (χ1) is 10.2. The Balaban J connectivity index is 1.71. The summed E-state index contributed by atoms with van der Waals surface area (Å²) in [7, 11) is 0. The van der Waals surface area contributed by atoms with Gasteiger partial charge in [0, 0.05) is 16.8 Å². The highest BCUT2D eigenvalue weighted by Crippen LogP contribution is 2.23. The number of H-pyrrole nitrogens is 1. The van der Waals surface area contributed by atoms with Gasteiger partial charge in [-0.15, -0.1) is 0 Å². The van der Waals surface area contributed by atoms with Crippen LogP contribution in [0.15, 0.2) is 61.1 Å². The predicted octanol–water partition coefficient (Wildman–Crippen LogP) is 4.90. The Hall–Kier alpha value is -2.26. The molecule has 0 aliphatic heterocycles. The fraction of sp³-hybridized carbons (Fsp3) is 0.118. The van der Waals surface area contributed by atoms with Crippen molar-refractivity contribution in [3.8, 4) is 11.3 Å². The van der Waals surface area contributed by atoms with Gasteiger partial charge in [-0.3, -0.25) is 0 Å². The second-order valence-corrected chi connectivity index (χ2v) is 5.40. The lowest BCUT2D eigenvalue weighted by molar-refractivity contribution is 0.885. The molecule has 2 N–H and O–H groups in total. The van der Waals surface area contributed by atoms with E-state index in [1.54, 1.807) is 6.33 Å². The van der Waals surface area contributed by atoms with E-state index in [0.29, 0.717) is 0 Å². The van der Waals surface area contributed by atoms with Crippen molar-refractivity contribution in [1.82, 2.24) is 9.97 Å². The quantitative estimate of drug-likeness (QED) is 0.719. The standard InChI is InChI=1S/C17H16ClN3/c1-12(13-2-6-15(18)7-3-13)21-16-8-4-14(5-9-16)17-10-19-11-20-17/h2-12,21H,1H3,(H,19,20). The molecule has 0 saturated heterocycles. The summed E-state index contributed by atoms with van der Waals surface area (Å²) in [5.74, 6) is 0. The SMILES string of the molecule is CC(Nc1ccc(-c2cnc[nH]2)cc1)c1ccc(Cl)cc1. The summed E-state index contributed by atoms with van der Waals surface area (Å²) in [6, 6.07) is 16.4. The van der Waals surface area contributed by atoms with Crippen molar-refractivity contribution < 1.29 is 0 Å². The number of rotatable bonds is 4. The summed E-state index contributed by atoms with van der Waals surface area (Å²) in [6.45, 7) is 2.13. The fourth-order valence-corrected chi connectivity index (χ4v) is 2.37. The zero-order valence-electron chi connectivity index (χ0n) is 11.7. The monoisotopic (exact) mass is 297 g/mol. The molecule has 4 heteroatoms. The number of hydrogen-bond acceptors (Lipinski definition) is 2. The lowest BCUT2D eigenvalue weighted by atomic mass is 10.1. The number of benzene rings is 2. The molecule has 0 fully saturated rings. The van der Waals surface area contributed by atoms with Crippen molar-refractivity contribution in [3.05, 3.63) is 71.6 Å². The first-order valence-corrected chi connectivity index (χ1v) is 7.21. The highest BCUT2D eigenvalue weighted by Gasteiger charge is 2.05.